The summed E-state index contributed by atoms with van der Waals surface area (Å²) >= 11 is 12.1. The second-order valence-electron chi connectivity index (χ2n) is 6.08. The summed E-state index contributed by atoms with van der Waals surface area (Å²) in [6.07, 6.45) is 3.65. The summed E-state index contributed by atoms with van der Waals surface area (Å²) in [4.78, 5) is 12.1. The molecule has 1 saturated heterocycles. The van der Waals surface area contributed by atoms with Gasteiger partial charge in [-0.05, 0) is 55.8 Å². The Morgan fingerprint density at radius 1 is 1.35 bits per heavy atom. The molecule has 0 radical (unpaired) electrons. The second kappa shape index (κ2) is 10.4. The molecule has 0 spiro atoms. The fourth-order valence-electron chi connectivity index (χ4n) is 3.02. The summed E-state index contributed by atoms with van der Waals surface area (Å²) in [5, 5.41) is 7.50. The maximum Gasteiger partial charge on any atom is 0.220 e. The fourth-order valence-corrected chi connectivity index (χ4v) is 3.44. The Morgan fingerprint density at radius 2 is 2.04 bits per heavy atom. The molecule has 0 aromatic heterocycles. The minimum absolute atomic E-state index is 0. The Bertz CT molecular complexity index is 505. The number of hydrogen-bond donors (Lipinski definition) is 2. The number of amides is 1. The molecule has 1 amide bonds. The van der Waals surface area contributed by atoms with Crippen LogP contribution in [0.3, 0.4) is 0 Å². The second-order valence-corrected chi connectivity index (χ2v) is 6.87. The molecular weight excluding hydrogens is 355 g/mol. The van der Waals surface area contributed by atoms with Crippen LogP contribution in [0.25, 0.3) is 0 Å². The fraction of sp³-hybridized carbons (Fsp3) is 0.588. The van der Waals surface area contributed by atoms with E-state index in [0.29, 0.717) is 41.3 Å². The monoisotopic (exact) mass is 378 g/mol. The van der Waals surface area contributed by atoms with Crippen molar-refractivity contribution in [2.45, 2.75) is 32.6 Å². The Labute approximate surface area is 154 Å². The van der Waals surface area contributed by atoms with E-state index in [1.165, 1.54) is 12.8 Å². The predicted octanol–water partition coefficient (Wildman–Crippen LogP) is 4.10. The molecule has 6 heteroatoms. The van der Waals surface area contributed by atoms with Crippen molar-refractivity contribution in [1.29, 1.82) is 0 Å². The first-order valence-corrected chi connectivity index (χ1v) is 8.74. The molecule has 1 aliphatic rings. The quantitative estimate of drug-likeness (QED) is 0.781. The van der Waals surface area contributed by atoms with Gasteiger partial charge in [-0.15, -0.1) is 12.4 Å². The normalized spacial score (nSPS) is 16.5. The van der Waals surface area contributed by atoms with E-state index in [0.717, 1.165) is 18.7 Å². The molecule has 1 heterocycles. The van der Waals surface area contributed by atoms with E-state index in [2.05, 4.69) is 17.6 Å². The van der Waals surface area contributed by atoms with Crippen LogP contribution < -0.4 is 10.6 Å². The van der Waals surface area contributed by atoms with Crippen LogP contribution in [0.2, 0.25) is 10.0 Å². The summed E-state index contributed by atoms with van der Waals surface area (Å²) in [5.74, 6) is 1.23. The molecule has 23 heavy (non-hydrogen) atoms. The lowest BCUT2D eigenvalue weighted by molar-refractivity contribution is -0.122. The molecule has 3 nitrogen and oxygen atoms in total. The van der Waals surface area contributed by atoms with Gasteiger partial charge in [-0.25, -0.2) is 0 Å². The lowest BCUT2D eigenvalue weighted by Gasteiger charge is -2.27. The standard InChI is InChI=1S/C17H24Cl2N2O.ClH/c1-12(13-5-8-20-9-6-13)11-16(22)21-10-7-14-3-2-4-15(18)17(14)19;/h2-4,12-13,20H,5-11H2,1H3,(H,21,22);1H. The van der Waals surface area contributed by atoms with Gasteiger partial charge in [-0.1, -0.05) is 42.3 Å². The molecule has 2 rings (SSSR count). The topological polar surface area (TPSA) is 41.1 Å². The first-order chi connectivity index (χ1) is 10.6. The number of piperidine rings is 1. The van der Waals surface area contributed by atoms with Gasteiger partial charge in [-0.3, -0.25) is 4.79 Å². The molecule has 2 N–H and O–H groups in total. The van der Waals surface area contributed by atoms with Crippen molar-refractivity contribution in [3.05, 3.63) is 33.8 Å². The van der Waals surface area contributed by atoms with Crippen LogP contribution in [0, 0.1) is 11.8 Å². The van der Waals surface area contributed by atoms with Crippen molar-refractivity contribution in [1.82, 2.24) is 10.6 Å². The Hall–Kier alpha value is -0.480. The zero-order chi connectivity index (χ0) is 15.9. The Balaban J connectivity index is 0.00000264. The Morgan fingerprint density at radius 3 is 2.74 bits per heavy atom. The first kappa shape index (κ1) is 20.6. The zero-order valence-corrected chi connectivity index (χ0v) is 15.7. The van der Waals surface area contributed by atoms with Gasteiger partial charge in [0.2, 0.25) is 5.91 Å². The molecule has 130 valence electrons. The lowest BCUT2D eigenvalue weighted by Crippen LogP contribution is -2.34. The molecule has 1 atom stereocenters. The molecule has 1 aromatic carbocycles. The number of carbonyl (C=O) groups excluding carboxylic acids is 1. The van der Waals surface area contributed by atoms with Crippen molar-refractivity contribution in [2.24, 2.45) is 11.8 Å². The summed E-state index contributed by atoms with van der Waals surface area (Å²) in [5.41, 5.74) is 0.973. The van der Waals surface area contributed by atoms with Gasteiger partial charge in [0.1, 0.15) is 0 Å². The number of carbonyl (C=O) groups is 1. The summed E-state index contributed by atoms with van der Waals surface area (Å²) in [6.45, 7) is 4.93. The molecule has 1 unspecified atom stereocenters. The van der Waals surface area contributed by atoms with Crippen LogP contribution in [0.1, 0.15) is 31.7 Å². The van der Waals surface area contributed by atoms with Gasteiger partial charge in [0.25, 0.3) is 0 Å². The van der Waals surface area contributed by atoms with Crippen molar-refractivity contribution in [3.8, 4) is 0 Å². The van der Waals surface area contributed by atoms with E-state index in [1.807, 2.05) is 12.1 Å². The molecule has 0 saturated carbocycles. The van der Waals surface area contributed by atoms with Gasteiger partial charge < -0.3 is 10.6 Å². The zero-order valence-electron chi connectivity index (χ0n) is 13.4. The molecule has 1 aliphatic heterocycles. The first-order valence-electron chi connectivity index (χ1n) is 7.98. The highest BCUT2D eigenvalue weighted by Crippen LogP contribution is 2.26. The molecule has 1 fully saturated rings. The van der Waals surface area contributed by atoms with E-state index in [4.69, 9.17) is 23.2 Å². The summed E-state index contributed by atoms with van der Waals surface area (Å²) in [7, 11) is 0. The highest BCUT2D eigenvalue weighted by Gasteiger charge is 2.21. The van der Waals surface area contributed by atoms with Crippen LogP contribution in [0.5, 0.6) is 0 Å². The van der Waals surface area contributed by atoms with Crippen LogP contribution in [-0.2, 0) is 11.2 Å². The maximum absolute atomic E-state index is 12.1. The summed E-state index contributed by atoms with van der Waals surface area (Å²) < 4.78 is 0. The lowest BCUT2D eigenvalue weighted by atomic mass is 9.84. The smallest absolute Gasteiger partial charge is 0.220 e. The average Bonchev–Trinajstić information content (AvgIpc) is 2.52. The van der Waals surface area contributed by atoms with Crippen molar-refractivity contribution in [3.63, 3.8) is 0 Å². The van der Waals surface area contributed by atoms with Crippen molar-refractivity contribution in [2.75, 3.05) is 19.6 Å². The van der Waals surface area contributed by atoms with Crippen molar-refractivity contribution < 1.29 is 4.79 Å². The van der Waals surface area contributed by atoms with E-state index in [9.17, 15) is 4.79 Å². The third-order valence-corrected chi connectivity index (χ3v) is 5.30. The molecule has 0 aliphatic carbocycles. The van der Waals surface area contributed by atoms with E-state index < -0.39 is 0 Å². The van der Waals surface area contributed by atoms with Crippen LogP contribution >= 0.6 is 35.6 Å². The Kier molecular flexibility index (Phi) is 9.30. The van der Waals surface area contributed by atoms with Gasteiger partial charge in [0.15, 0.2) is 0 Å². The minimum Gasteiger partial charge on any atom is -0.356 e. The average molecular weight is 380 g/mol. The predicted molar refractivity (Wildman–Crippen MR) is 99.8 cm³/mol. The van der Waals surface area contributed by atoms with E-state index >= 15 is 0 Å². The van der Waals surface area contributed by atoms with Crippen LogP contribution in [0.4, 0.5) is 0 Å². The van der Waals surface area contributed by atoms with Gasteiger partial charge in [0, 0.05) is 13.0 Å². The third-order valence-electron chi connectivity index (χ3n) is 4.44. The van der Waals surface area contributed by atoms with Crippen LogP contribution in [-0.4, -0.2) is 25.5 Å². The SMILES string of the molecule is CC(CC(=O)NCCc1cccc(Cl)c1Cl)C1CCNCC1.Cl. The third kappa shape index (κ3) is 6.50. The number of hydrogen-bond acceptors (Lipinski definition) is 2. The van der Waals surface area contributed by atoms with E-state index in [-0.39, 0.29) is 18.3 Å². The number of nitrogens with one attached hydrogen (secondary N) is 2. The van der Waals surface area contributed by atoms with E-state index in [1.54, 1.807) is 6.07 Å². The van der Waals surface area contributed by atoms with Gasteiger partial charge in [-0.2, -0.15) is 0 Å². The highest BCUT2D eigenvalue weighted by molar-refractivity contribution is 6.42. The summed E-state index contributed by atoms with van der Waals surface area (Å²) in [6, 6.07) is 5.59. The maximum atomic E-state index is 12.1. The molecule has 0 bridgehead atoms. The number of benzene rings is 1. The number of rotatable bonds is 6. The van der Waals surface area contributed by atoms with Crippen LogP contribution in [0.15, 0.2) is 18.2 Å². The van der Waals surface area contributed by atoms with Gasteiger partial charge >= 0.3 is 0 Å². The molecule has 1 aromatic rings. The van der Waals surface area contributed by atoms with Crippen molar-refractivity contribution >= 4 is 41.5 Å². The van der Waals surface area contributed by atoms with Gasteiger partial charge in [0.05, 0.1) is 10.0 Å². The largest absolute Gasteiger partial charge is 0.356 e. The number of halogens is 3. The highest BCUT2D eigenvalue weighted by atomic mass is 35.5. The molecular formula is C17H25Cl3N2O. The minimum atomic E-state index is 0.